The van der Waals surface area contributed by atoms with Crippen molar-refractivity contribution in [2.24, 2.45) is 22.7 Å². The van der Waals surface area contributed by atoms with Gasteiger partial charge in [0.05, 0.1) is 34.9 Å². The number of hydrogen-bond donors (Lipinski definition) is 1. The summed E-state index contributed by atoms with van der Waals surface area (Å²) in [7, 11) is 2.94. The number of methoxy groups -OCH3 is 1. The molecule has 5 aromatic rings. The normalized spacial score (nSPS) is 20.5. The van der Waals surface area contributed by atoms with Gasteiger partial charge in [-0.05, 0) is 66.7 Å². The fraction of sp³-hybridized carbons (Fsp3) is 0.318. The Morgan fingerprint density at radius 2 is 1.43 bits per heavy atom. The van der Waals surface area contributed by atoms with Gasteiger partial charge in [0.15, 0.2) is 17.5 Å². The van der Waals surface area contributed by atoms with Crippen LogP contribution in [0.5, 0.6) is 0 Å². The maximum absolute atomic E-state index is 16.1. The van der Waals surface area contributed by atoms with Gasteiger partial charge in [0.25, 0.3) is 0 Å². The molecular formula is C44H43ClF2N4O2. The Bertz CT molecular complexity index is 1990. The first-order valence-corrected chi connectivity index (χ1v) is 18.7. The van der Waals surface area contributed by atoms with Crippen molar-refractivity contribution in [3.8, 4) is 0 Å². The Balaban J connectivity index is 1.40. The third-order valence-electron chi connectivity index (χ3n) is 11.5. The molecule has 3 aliphatic rings. The number of esters is 1. The van der Waals surface area contributed by atoms with Gasteiger partial charge in [-0.25, -0.2) is 13.8 Å². The predicted molar refractivity (Wildman–Crippen MR) is 206 cm³/mol. The maximum Gasteiger partial charge on any atom is 0.311 e. The average molecular weight is 733 g/mol. The lowest BCUT2D eigenvalue weighted by Gasteiger charge is -2.47. The minimum Gasteiger partial charge on any atom is -0.469 e. The van der Waals surface area contributed by atoms with Gasteiger partial charge in [-0.2, -0.15) is 0 Å². The molecule has 3 saturated carbocycles. The van der Waals surface area contributed by atoms with Gasteiger partial charge in [-0.15, -0.1) is 0 Å². The molecular weight excluding hydrogens is 690 g/mol. The molecule has 3 aromatic carbocycles. The van der Waals surface area contributed by atoms with Gasteiger partial charge in [-0.3, -0.25) is 14.8 Å². The second-order valence-corrected chi connectivity index (χ2v) is 14.5. The standard InChI is InChI=1S/C44H43ClF2N4O2/c1-4-34(44(29-14-8-5-9-15-29,30-16-10-6-11-17-30)31-18-12-7-13-19-31)39-33(24-32(45)26-49-39)40(48-2)41-35(46)25-36(47)42(51-41)50-38-28-22-20-27(21-23-28)37(38)43(52)53-3/h5-19,24-28,34,37-38H,4,20-23H2,1-3H3,(H,50,51). The van der Waals surface area contributed by atoms with E-state index in [0.717, 1.165) is 48.4 Å². The van der Waals surface area contributed by atoms with E-state index in [1.165, 1.54) is 7.11 Å². The van der Waals surface area contributed by atoms with E-state index in [0.29, 0.717) is 22.7 Å². The minimum absolute atomic E-state index is 0.130. The topological polar surface area (TPSA) is 76.5 Å². The third-order valence-corrected chi connectivity index (χ3v) is 11.7. The van der Waals surface area contributed by atoms with Crippen molar-refractivity contribution in [3.05, 3.63) is 160 Å². The highest BCUT2D eigenvalue weighted by Gasteiger charge is 2.49. The van der Waals surface area contributed by atoms with E-state index >= 15 is 8.78 Å². The number of benzene rings is 3. The van der Waals surface area contributed by atoms with Crippen LogP contribution in [0.15, 0.2) is 114 Å². The summed E-state index contributed by atoms with van der Waals surface area (Å²) in [5.74, 6) is -2.68. The zero-order chi connectivity index (χ0) is 37.1. The largest absolute Gasteiger partial charge is 0.469 e. The molecule has 3 atom stereocenters. The van der Waals surface area contributed by atoms with Crippen LogP contribution < -0.4 is 5.32 Å². The van der Waals surface area contributed by atoms with Crippen LogP contribution in [0.4, 0.5) is 14.6 Å². The SMILES string of the molecule is CCC(c1ncc(Cl)cc1C(=NC)c1nc(NC2C3CCC(CC3)C2C(=O)OC)c(F)cc1F)C(c1ccccc1)(c1ccccc1)c1ccccc1. The van der Waals surface area contributed by atoms with Crippen LogP contribution in [0.3, 0.4) is 0 Å². The number of pyridine rings is 2. The van der Waals surface area contributed by atoms with E-state index in [2.05, 4.69) is 58.6 Å². The van der Waals surface area contributed by atoms with E-state index in [-0.39, 0.29) is 40.9 Å². The molecule has 53 heavy (non-hydrogen) atoms. The lowest BCUT2D eigenvalue weighted by Crippen LogP contribution is -2.52. The van der Waals surface area contributed by atoms with Gasteiger partial charge in [-0.1, -0.05) is 110 Å². The highest BCUT2D eigenvalue weighted by Crippen LogP contribution is 2.52. The molecule has 0 amide bonds. The lowest BCUT2D eigenvalue weighted by atomic mass is 9.59. The quantitative estimate of drug-likeness (QED) is 0.0832. The minimum atomic E-state index is -0.872. The number of hydrogen-bond acceptors (Lipinski definition) is 6. The molecule has 2 heterocycles. The Labute approximate surface area is 314 Å². The predicted octanol–water partition coefficient (Wildman–Crippen LogP) is 9.79. The Hall–Kier alpha value is -4.95. The van der Waals surface area contributed by atoms with Crippen molar-refractivity contribution in [1.29, 1.82) is 0 Å². The van der Waals surface area contributed by atoms with E-state index in [1.807, 2.05) is 54.6 Å². The van der Waals surface area contributed by atoms with Crippen molar-refractivity contribution in [3.63, 3.8) is 0 Å². The van der Waals surface area contributed by atoms with Crippen molar-refractivity contribution < 1.29 is 18.3 Å². The summed E-state index contributed by atoms with van der Waals surface area (Å²) >= 11 is 6.69. The van der Waals surface area contributed by atoms with E-state index < -0.39 is 29.0 Å². The lowest BCUT2D eigenvalue weighted by molar-refractivity contribution is -0.152. The van der Waals surface area contributed by atoms with E-state index in [1.54, 1.807) is 19.3 Å². The first-order valence-electron chi connectivity index (χ1n) is 18.3. The van der Waals surface area contributed by atoms with Gasteiger partial charge in [0.1, 0.15) is 5.69 Å². The number of carbonyl (C=O) groups is 1. The van der Waals surface area contributed by atoms with Crippen molar-refractivity contribution >= 4 is 29.1 Å². The molecule has 3 fully saturated rings. The molecule has 2 aromatic heterocycles. The molecule has 0 saturated heterocycles. The smallest absolute Gasteiger partial charge is 0.311 e. The highest BCUT2D eigenvalue weighted by molar-refractivity contribution is 6.31. The molecule has 0 radical (unpaired) electrons. The van der Waals surface area contributed by atoms with Gasteiger partial charge >= 0.3 is 5.97 Å². The summed E-state index contributed by atoms with van der Waals surface area (Å²) in [5.41, 5.74) is 3.60. The van der Waals surface area contributed by atoms with E-state index in [9.17, 15) is 4.79 Å². The highest BCUT2D eigenvalue weighted by atomic mass is 35.5. The van der Waals surface area contributed by atoms with Gasteiger partial charge in [0.2, 0.25) is 0 Å². The fourth-order valence-corrected chi connectivity index (χ4v) is 9.36. The zero-order valence-corrected chi connectivity index (χ0v) is 30.9. The summed E-state index contributed by atoms with van der Waals surface area (Å²) < 4.78 is 37.0. The van der Waals surface area contributed by atoms with Gasteiger partial charge in [0, 0.05) is 36.8 Å². The summed E-state index contributed by atoms with van der Waals surface area (Å²) in [4.78, 5) is 27.2. The Kier molecular flexibility index (Phi) is 10.7. The van der Waals surface area contributed by atoms with Crippen molar-refractivity contribution in [2.75, 3.05) is 19.5 Å². The van der Waals surface area contributed by atoms with Gasteiger partial charge < -0.3 is 10.1 Å². The monoisotopic (exact) mass is 732 g/mol. The van der Waals surface area contributed by atoms with Crippen molar-refractivity contribution in [1.82, 2.24) is 9.97 Å². The summed E-state index contributed by atoms with van der Waals surface area (Å²) in [6, 6.07) is 33.2. The summed E-state index contributed by atoms with van der Waals surface area (Å²) in [6.45, 7) is 2.12. The molecule has 6 nitrogen and oxygen atoms in total. The molecule has 0 aliphatic heterocycles. The molecule has 3 aliphatic carbocycles. The number of aromatic nitrogens is 2. The number of fused-ring (bicyclic) bond motifs is 3. The summed E-state index contributed by atoms with van der Waals surface area (Å²) in [5, 5.41) is 3.58. The van der Waals surface area contributed by atoms with Crippen LogP contribution in [0.2, 0.25) is 5.02 Å². The van der Waals surface area contributed by atoms with Crippen LogP contribution in [0.25, 0.3) is 0 Å². The van der Waals surface area contributed by atoms with Crippen molar-refractivity contribution in [2.45, 2.75) is 56.4 Å². The number of nitrogens with zero attached hydrogens (tertiary/aromatic N) is 3. The summed E-state index contributed by atoms with van der Waals surface area (Å²) in [6.07, 6.45) is 5.89. The zero-order valence-electron chi connectivity index (χ0n) is 30.1. The fourth-order valence-electron chi connectivity index (χ4n) is 9.21. The average Bonchev–Trinajstić information content (AvgIpc) is 3.20. The number of anilines is 1. The maximum atomic E-state index is 16.1. The van der Waals surface area contributed by atoms with Crippen LogP contribution in [-0.2, 0) is 14.9 Å². The third kappa shape index (κ3) is 6.63. The Morgan fingerprint density at radius 3 is 1.94 bits per heavy atom. The molecule has 9 heteroatoms. The van der Waals surface area contributed by atoms with Crippen LogP contribution >= 0.6 is 11.6 Å². The first-order chi connectivity index (χ1) is 25.8. The number of aliphatic imine (C=N–C) groups is 1. The van der Waals surface area contributed by atoms with Crippen LogP contribution in [0.1, 0.15) is 78.6 Å². The molecule has 0 spiro atoms. The second kappa shape index (κ2) is 15.6. The Morgan fingerprint density at radius 1 is 0.887 bits per heavy atom. The molecule has 3 unspecified atom stereocenters. The second-order valence-electron chi connectivity index (χ2n) is 14.1. The van der Waals surface area contributed by atoms with E-state index in [4.69, 9.17) is 21.3 Å². The molecule has 1 N–H and O–H groups in total. The number of ether oxygens (including phenoxy) is 1. The number of halogens is 3. The molecule has 272 valence electrons. The number of nitrogens with one attached hydrogen (secondary N) is 1. The molecule has 8 rings (SSSR count). The number of rotatable bonds is 11. The number of carbonyl (C=O) groups excluding carboxylic acids is 1. The van der Waals surface area contributed by atoms with Crippen LogP contribution in [0, 0.1) is 29.4 Å². The van der Waals surface area contributed by atoms with Crippen LogP contribution in [-0.4, -0.2) is 41.8 Å². The molecule has 2 bridgehead atoms. The first kappa shape index (κ1) is 36.4.